The Morgan fingerprint density at radius 2 is 1.86 bits per heavy atom. The first-order valence-electron chi connectivity index (χ1n) is 11.7. The highest BCUT2D eigenvalue weighted by molar-refractivity contribution is 7.11. The Hall–Kier alpha value is -3.26. The molecule has 0 N–H and O–H groups in total. The number of nitrogens with zero attached hydrogens (tertiary/aromatic N) is 2. The van der Waals surface area contributed by atoms with Crippen LogP contribution in [0.25, 0.3) is 0 Å². The lowest BCUT2D eigenvalue weighted by molar-refractivity contribution is -0.133. The zero-order chi connectivity index (χ0) is 25.4. The number of carbonyl (C=O) groups excluding carboxylic acids is 2. The van der Waals surface area contributed by atoms with Gasteiger partial charge in [-0.3, -0.25) is 9.59 Å². The number of amides is 2. The van der Waals surface area contributed by atoms with Crippen LogP contribution in [0.2, 0.25) is 0 Å². The molecule has 3 rings (SSSR count). The minimum atomic E-state index is -0.274. The van der Waals surface area contributed by atoms with Crippen LogP contribution in [-0.2, 0) is 17.8 Å². The number of hydrogen-bond donors (Lipinski definition) is 0. The van der Waals surface area contributed by atoms with Gasteiger partial charge in [0.25, 0.3) is 5.91 Å². The Balaban J connectivity index is 1.79. The molecule has 1 unspecified atom stereocenters. The second-order valence-electron chi connectivity index (χ2n) is 8.43. The quantitative estimate of drug-likeness (QED) is 0.344. The lowest BCUT2D eigenvalue weighted by Crippen LogP contribution is -2.46. The van der Waals surface area contributed by atoms with Crippen molar-refractivity contribution in [3.63, 3.8) is 0 Å². The molecule has 2 amide bonds. The van der Waals surface area contributed by atoms with Gasteiger partial charge in [-0.25, -0.2) is 0 Å². The van der Waals surface area contributed by atoms with Crippen LogP contribution in [0.4, 0.5) is 0 Å². The molecule has 3 aromatic rings. The normalized spacial score (nSPS) is 11.7. The summed E-state index contributed by atoms with van der Waals surface area (Å²) in [5.41, 5.74) is 1.04. The first-order chi connectivity index (χ1) is 16.9. The third-order valence-corrected chi connectivity index (χ3v) is 7.02. The zero-order valence-electron chi connectivity index (χ0n) is 21.1. The standard InChI is InChI=1S/C27H34N2O5S/c1-6-19(2)29(27(31)24-8-7-15-34-24)18-26(30)28(17-22-11-9-20(3)35-22)14-13-21-10-12-23(32-4)25(16-21)33-5/h7-12,15-16,19H,6,13-14,17-18H2,1-5H3. The SMILES string of the molecule is CCC(C)N(CC(=O)N(CCc1ccc(OC)c(OC)c1)Cc1ccc(C)s1)C(=O)c1ccco1. The Morgan fingerprint density at radius 3 is 2.46 bits per heavy atom. The van der Waals surface area contributed by atoms with E-state index in [1.54, 1.807) is 42.6 Å². The molecule has 2 aromatic heterocycles. The van der Waals surface area contributed by atoms with E-state index in [1.165, 1.54) is 11.1 Å². The summed E-state index contributed by atoms with van der Waals surface area (Å²) in [5.74, 6) is 1.19. The molecule has 8 heteroatoms. The Kier molecular flexibility index (Phi) is 9.37. The summed E-state index contributed by atoms with van der Waals surface area (Å²) in [6, 6.07) is 13.1. The van der Waals surface area contributed by atoms with Crippen molar-refractivity contribution in [1.29, 1.82) is 0 Å². The van der Waals surface area contributed by atoms with E-state index in [4.69, 9.17) is 13.9 Å². The van der Waals surface area contributed by atoms with Gasteiger partial charge in [0.15, 0.2) is 17.3 Å². The molecular weight excluding hydrogens is 464 g/mol. The van der Waals surface area contributed by atoms with E-state index in [-0.39, 0.29) is 30.2 Å². The minimum absolute atomic E-state index is 0.00910. The van der Waals surface area contributed by atoms with Crippen LogP contribution in [-0.4, -0.2) is 55.0 Å². The molecule has 0 bridgehead atoms. The topological polar surface area (TPSA) is 72.2 Å². The van der Waals surface area contributed by atoms with E-state index in [1.807, 2.05) is 36.9 Å². The molecule has 7 nitrogen and oxygen atoms in total. The molecule has 2 heterocycles. The average molecular weight is 499 g/mol. The second kappa shape index (κ2) is 12.4. The third kappa shape index (κ3) is 6.88. The predicted octanol–water partition coefficient (Wildman–Crippen LogP) is 5.18. The average Bonchev–Trinajstić information content (AvgIpc) is 3.55. The number of rotatable bonds is 12. The van der Waals surface area contributed by atoms with E-state index >= 15 is 0 Å². The largest absolute Gasteiger partial charge is 0.493 e. The van der Waals surface area contributed by atoms with Crippen LogP contribution < -0.4 is 9.47 Å². The maximum atomic E-state index is 13.6. The van der Waals surface area contributed by atoms with E-state index in [0.717, 1.165) is 16.9 Å². The summed E-state index contributed by atoms with van der Waals surface area (Å²) >= 11 is 1.67. The van der Waals surface area contributed by atoms with Crippen LogP contribution in [0.3, 0.4) is 0 Å². The molecule has 0 aliphatic rings. The van der Waals surface area contributed by atoms with Gasteiger partial charge >= 0.3 is 0 Å². The van der Waals surface area contributed by atoms with E-state index in [0.29, 0.717) is 31.0 Å². The van der Waals surface area contributed by atoms with Gasteiger partial charge in [-0.1, -0.05) is 13.0 Å². The number of methoxy groups -OCH3 is 2. The monoisotopic (exact) mass is 498 g/mol. The molecule has 1 aromatic carbocycles. The molecule has 0 saturated carbocycles. The summed E-state index contributed by atoms with van der Waals surface area (Å²) < 4.78 is 16.1. The van der Waals surface area contributed by atoms with Gasteiger partial charge in [0.1, 0.15) is 6.54 Å². The first kappa shape index (κ1) is 26.3. The van der Waals surface area contributed by atoms with Gasteiger partial charge in [0.05, 0.1) is 27.0 Å². The molecule has 35 heavy (non-hydrogen) atoms. The van der Waals surface area contributed by atoms with Crippen LogP contribution in [0.1, 0.15) is 46.1 Å². The van der Waals surface area contributed by atoms with Crippen molar-refractivity contribution in [1.82, 2.24) is 9.80 Å². The van der Waals surface area contributed by atoms with Gasteiger partial charge in [0, 0.05) is 22.3 Å². The molecule has 0 aliphatic heterocycles. The minimum Gasteiger partial charge on any atom is -0.493 e. The molecule has 1 atom stereocenters. The number of benzene rings is 1. The molecule has 0 spiro atoms. The number of aryl methyl sites for hydroxylation is 1. The number of furan rings is 1. The van der Waals surface area contributed by atoms with Crippen molar-refractivity contribution in [2.24, 2.45) is 0 Å². The summed E-state index contributed by atoms with van der Waals surface area (Å²) in [4.78, 5) is 32.4. The van der Waals surface area contributed by atoms with Crippen molar-refractivity contribution in [2.75, 3.05) is 27.3 Å². The van der Waals surface area contributed by atoms with E-state index < -0.39 is 0 Å². The van der Waals surface area contributed by atoms with Crippen molar-refractivity contribution in [3.8, 4) is 11.5 Å². The van der Waals surface area contributed by atoms with Crippen LogP contribution in [0, 0.1) is 6.92 Å². The highest BCUT2D eigenvalue weighted by Crippen LogP contribution is 2.28. The van der Waals surface area contributed by atoms with Gasteiger partial charge in [-0.05, 0) is 68.7 Å². The Labute approximate surface area is 211 Å². The van der Waals surface area contributed by atoms with Crippen molar-refractivity contribution < 1.29 is 23.5 Å². The lowest BCUT2D eigenvalue weighted by Gasteiger charge is -2.30. The molecule has 0 fully saturated rings. The van der Waals surface area contributed by atoms with Crippen molar-refractivity contribution in [2.45, 2.75) is 46.2 Å². The van der Waals surface area contributed by atoms with Gasteiger partial charge < -0.3 is 23.7 Å². The highest BCUT2D eigenvalue weighted by atomic mass is 32.1. The van der Waals surface area contributed by atoms with E-state index in [9.17, 15) is 9.59 Å². The highest BCUT2D eigenvalue weighted by Gasteiger charge is 2.27. The number of carbonyl (C=O) groups is 2. The van der Waals surface area contributed by atoms with Crippen LogP contribution >= 0.6 is 11.3 Å². The zero-order valence-corrected chi connectivity index (χ0v) is 21.9. The Morgan fingerprint density at radius 1 is 1.09 bits per heavy atom. The summed E-state index contributed by atoms with van der Waals surface area (Å²) in [5, 5.41) is 0. The number of ether oxygens (including phenoxy) is 2. The molecule has 0 radical (unpaired) electrons. The first-order valence-corrected chi connectivity index (χ1v) is 12.6. The maximum absolute atomic E-state index is 13.6. The fraction of sp³-hybridized carbons (Fsp3) is 0.407. The Bertz CT molecular complexity index is 1110. The van der Waals surface area contributed by atoms with E-state index in [2.05, 4.69) is 19.1 Å². The fourth-order valence-corrected chi connectivity index (χ4v) is 4.69. The molecule has 0 saturated heterocycles. The maximum Gasteiger partial charge on any atom is 0.290 e. The summed E-state index contributed by atoms with van der Waals surface area (Å²) in [6.07, 6.45) is 2.85. The van der Waals surface area contributed by atoms with Crippen LogP contribution in [0.5, 0.6) is 11.5 Å². The van der Waals surface area contributed by atoms with Gasteiger partial charge in [-0.15, -0.1) is 11.3 Å². The summed E-state index contributed by atoms with van der Waals surface area (Å²) in [7, 11) is 3.21. The third-order valence-electron chi connectivity index (χ3n) is 6.04. The number of thiophene rings is 1. The molecular formula is C27H34N2O5S. The lowest BCUT2D eigenvalue weighted by atomic mass is 10.1. The predicted molar refractivity (Wildman–Crippen MR) is 137 cm³/mol. The van der Waals surface area contributed by atoms with Gasteiger partial charge in [-0.2, -0.15) is 0 Å². The second-order valence-corrected chi connectivity index (χ2v) is 9.81. The molecule has 188 valence electrons. The fourth-order valence-electron chi connectivity index (χ4n) is 3.79. The number of hydrogen-bond acceptors (Lipinski definition) is 6. The smallest absolute Gasteiger partial charge is 0.290 e. The van der Waals surface area contributed by atoms with Crippen molar-refractivity contribution in [3.05, 3.63) is 69.8 Å². The van der Waals surface area contributed by atoms with Gasteiger partial charge in [0.2, 0.25) is 5.91 Å². The molecule has 0 aliphatic carbocycles. The summed E-state index contributed by atoms with van der Waals surface area (Å²) in [6.45, 7) is 7.00. The van der Waals surface area contributed by atoms with Crippen LogP contribution in [0.15, 0.2) is 53.1 Å². The van der Waals surface area contributed by atoms with Crippen molar-refractivity contribution >= 4 is 23.2 Å².